The van der Waals surface area contributed by atoms with Crippen molar-refractivity contribution in [2.75, 3.05) is 11.9 Å². The van der Waals surface area contributed by atoms with E-state index in [1.165, 1.54) is 0 Å². The SMILES string of the molecule is CC[C@@H]1OCCC[C@H]1C(=O)Nc1ccc(C)[nH]c1=O. The Bertz CT molecular complexity index is 510. The quantitative estimate of drug-likeness (QED) is 0.875. The molecule has 0 saturated carbocycles. The van der Waals surface area contributed by atoms with Crippen molar-refractivity contribution in [2.45, 2.75) is 39.2 Å². The molecule has 2 N–H and O–H groups in total. The van der Waals surface area contributed by atoms with Crippen molar-refractivity contribution in [1.29, 1.82) is 0 Å². The van der Waals surface area contributed by atoms with Gasteiger partial charge in [0.05, 0.1) is 12.0 Å². The second-order valence-electron chi connectivity index (χ2n) is 4.94. The van der Waals surface area contributed by atoms with Gasteiger partial charge < -0.3 is 15.0 Å². The number of rotatable bonds is 3. The van der Waals surface area contributed by atoms with E-state index in [0.717, 1.165) is 25.0 Å². The molecule has 5 nitrogen and oxygen atoms in total. The van der Waals surface area contributed by atoms with Gasteiger partial charge in [-0.1, -0.05) is 6.92 Å². The number of carbonyl (C=O) groups excluding carboxylic acids is 1. The van der Waals surface area contributed by atoms with Crippen LogP contribution in [0.4, 0.5) is 5.69 Å². The molecule has 0 bridgehead atoms. The zero-order chi connectivity index (χ0) is 13.8. The zero-order valence-electron chi connectivity index (χ0n) is 11.4. The Morgan fingerprint density at radius 3 is 3.00 bits per heavy atom. The van der Waals surface area contributed by atoms with E-state index < -0.39 is 0 Å². The number of anilines is 1. The number of pyridine rings is 1. The first kappa shape index (κ1) is 13.8. The average molecular weight is 264 g/mol. The summed E-state index contributed by atoms with van der Waals surface area (Å²) in [5, 5.41) is 2.71. The predicted octanol–water partition coefficient (Wildman–Crippen LogP) is 1.83. The third-order valence-electron chi connectivity index (χ3n) is 3.49. The second-order valence-corrected chi connectivity index (χ2v) is 4.94. The van der Waals surface area contributed by atoms with Gasteiger partial charge in [0.2, 0.25) is 5.91 Å². The smallest absolute Gasteiger partial charge is 0.271 e. The van der Waals surface area contributed by atoms with Crippen LogP contribution >= 0.6 is 0 Å². The number of aromatic amines is 1. The van der Waals surface area contributed by atoms with Gasteiger partial charge in [-0.25, -0.2) is 0 Å². The fourth-order valence-electron chi connectivity index (χ4n) is 2.44. The molecule has 0 aromatic carbocycles. The van der Waals surface area contributed by atoms with Crippen LogP contribution in [0.3, 0.4) is 0 Å². The number of aryl methyl sites for hydroxylation is 1. The summed E-state index contributed by atoms with van der Waals surface area (Å²) in [5.41, 5.74) is 0.810. The summed E-state index contributed by atoms with van der Waals surface area (Å²) in [7, 11) is 0. The van der Waals surface area contributed by atoms with Crippen molar-refractivity contribution in [3.8, 4) is 0 Å². The number of H-pyrrole nitrogens is 1. The van der Waals surface area contributed by atoms with Gasteiger partial charge in [-0.05, 0) is 38.3 Å². The molecule has 0 aliphatic carbocycles. The molecule has 2 atom stereocenters. The third kappa shape index (κ3) is 3.23. The Labute approximate surface area is 112 Å². The first-order chi connectivity index (χ1) is 9.11. The van der Waals surface area contributed by atoms with Gasteiger partial charge in [-0.3, -0.25) is 9.59 Å². The molecule has 1 aliphatic heterocycles. The maximum atomic E-state index is 12.2. The molecular formula is C14H20N2O3. The largest absolute Gasteiger partial charge is 0.377 e. The highest BCUT2D eigenvalue weighted by Crippen LogP contribution is 2.24. The van der Waals surface area contributed by atoms with Gasteiger partial charge >= 0.3 is 0 Å². The minimum absolute atomic E-state index is 0.0433. The van der Waals surface area contributed by atoms with Crippen LogP contribution in [-0.2, 0) is 9.53 Å². The van der Waals surface area contributed by atoms with Gasteiger partial charge in [-0.2, -0.15) is 0 Å². The van der Waals surface area contributed by atoms with Crippen molar-refractivity contribution in [3.05, 3.63) is 28.2 Å². The van der Waals surface area contributed by atoms with E-state index in [1.807, 2.05) is 6.92 Å². The molecule has 5 heteroatoms. The molecule has 0 spiro atoms. The van der Waals surface area contributed by atoms with Crippen LogP contribution in [0, 0.1) is 12.8 Å². The van der Waals surface area contributed by atoms with E-state index in [2.05, 4.69) is 10.3 Å². The zero-order valence-corrected chi connectivity index (χ0v) is 11.4. The molecule has 1 aliphatic rings. The molecule has 1 aromatic heterocycles. The molecular weight excluding hydrogens is 244 g/mol. The number of hydrogen-bond donors (Lipinski definition) is 2. The lowest BCUT2D eigenvalue weighted by Gasteiger charge is -2.29. The van der Waals surface area contributed by atoms with Gasteiger partial charge in [0, 0.05) is 12.3 Å². The van der Waals surface area contributed by atoms with Gasteiger partial charge in [0.15, 0.2) is 0 Å². The van der Waals surface area contributed by atoms with Gasteiger partial charge in [-0.15, -0.1) is 0 Å². The lowest BCUT2D eigenvalue weighted by Crippen LogP contribution is -2.38. The Morgan fingerprint density at radius 2 is 2.32 bits per heavy atom. The minimum atomic E-state index is -0.266. The maximum Gasteiger partial charge on any atom is 0.271 e. The Kier molecular flexibility index (Phi) is 4.37. The van der Waals surface area contributed by atoms with Gasteiger partial charge in [0.1, 0.15) is 5.69 Å². The Morgan fingerprint density at radius 1 is 1.53 bits per heavy atom. The van der Waals surface area contributed by atoms with Crippen molar-refractivity contribution in [3.63, 3.8) is 0 Å². The average Bonchev–Trinajstić information content (AvgIpc) is 2.41. The van der Waals surface area contributed by atoms with Crippen LogP contribution in [0.2, 0.25) is 0 Å². The van der Waals surface area contributed by atoms with Crippen LogP contribution in [0.1, 0.15) is 31.9 Å². The van der Waals surface area contributed by atoms with Crippen molar-refractivity contribution < 1.29 is 9.53 Å². The minimum Gasteiger partial charge on any atom is -0.377 e. The highest BCUT2D eigenvalue weighted by Gasteiger charge is 2.30. The van der Waals surface area contributed by atoms with E-state index in [9.17, 15) is 9.59 Å². The first-order valence-electron chi connectivity index (χ1n) is 6.74. The van der Waals surface area contributed by atoms with E-state index in [1.54, 1.807) is 19.1 Å². The van der Waals surface area contributed by atoms with Crippen LogP contribution in [0.15, 0.2) is 16.9 Å². The summed E-state index contributed by atoms with van der Waals surface area (Å²) in [6.07, 6.45) is 2.47. The maximum absolute atomic E-state index is 12.2. The number of carbonyl (C=O) groups is 1. The van der Waals surface area contributed by atoms with Crippen molar-refractivity contribution in [1.82, 2.24) is 4.98 Å². The standard InChI is InChI=1S/C14H20N2O3/c1-3-12-10(5-4-8-19-12)13(17)16-11-7-6-9(2)15-14(11)18/h6-7,10,12H,3-5,8H2,1-2H3,(H,15,18)(H,16,17)/t10-,12+/m1/s1. The molecule has 104 valence electrons. The fourth-order valence-corrected chi connectivity index (χ4v) is 2.44. The first-order valence-corrected chi connectivity index (χ1v) is 6.74. The summed E-state index contributed by atoms with van der Waals surface area (Å²) in [4.78, 5) is 26.6. The molecule has 2 heterocycles. The second kappa shape index (κ2) is 6.02. The van der Waals surface area contributed by atoms with E-state index in [-0.39, 0.29) is 23.5 Å². The summed E-state index contributed by atoms with van der Waals surface area (Å²) < 4.78 is 5.60. The van der Waals surface area contributed by atoms with Crippen LogP contribution in [-0.4, -0.2) is 23.6 Å². The lowest BCUT2D eigenvalue weighted by atomic mass is 9.92. The molecule has 1 saturated heterocycles. The highest BCUT2D eigenvalue weighted by molar-refractivity contribution is 5.92. The Balaban J connectivity index is 2.09. The lowest BCUT2D eigenvalue weighted by molar-refractivity contribution is -0.129. The molecule has 0 radical (unpaired) electrons. The van der Waals surface area contributed by atoms with Crippen molar-refractivity contribution >= 4 is 11.6 Å². The van der Waals surface area contributed by atoms with E-state index in [0.29, 0.717) is 12.3 Å². The van der Waals surface area contributed by atoms with Crippen molar-refractivity contribution in [2.24, 2.45) is 5.92 Å². The summed E-state index contributed by atoms with van der Waals surface area (Å²) in [6, 6.07) is 3.41. The number of hydrogen-bond acceptors (Lipinski definition) is 3. The predicted molar refractivity (Wildman–Crippen MR) is 73.2 cm³/mol. The summed E-state index contributed by atoms with van der Waals surface area (Å²) in [5.74, 6) is -0.291. The molecule has 19 heavy (non-hydrogen) atoms. The van der Waals surface area contributed by atoms with Crippen LogP contribution in [0.25, 0.3) is 0 Å². The highest BCUT2D eigenvalue weighted by atomic mass is 16.5. The third-order valence-corrected chi connectivity index (χ3v) is 3.49. The summed E-state index contributed by atoms with van der Waals surface area (Å²) >= 11 is 0. The van der Waals surface area contributed by atoms with Crippen LogP contribution in [0.5, 0.6) is 0 Å². The number of ether oxygens (including phenoxy) is 1. The van der Waals surface area contributed by atoms with Gasteiger partial charge in [0.25, 0.3) is 5.56 Å². The van der Waals surface area contributed by atoms with E-state index >= 15 is 0 Å². The Hall–Kier alpha value is -1.62. The van der Waals surface area contributed by atoms with Crippen LogP contribution < -0.4 is 10.9 Å². The molecule has 0 unspecified atom stereocenters. The normalized spacial score (nSPS) is 23.1. The van der Waals surface area contributed by atoms with E-state index in [4.69, 9.17) is 4.74 Å². The fraction of sp³-hybridized carbons (Fsp3) is 0.571. The number of amides is 1. The summed E-state index contributed by atoms with van der Waals surface area (Å²) in [6.45, 7) is 4.53. The number of nitrogens with one attached hydrogen (secondary N) is 2. The monoisotopic (exact) mass is 264 g/mol. The molecule has 1 aromatic rings. The molecule has 2 rings (SSSR count). The number of aromatic nitrogens is 1. The topological polar surface area (TPSA) is 71.2 Å². The molecule has 1 fully saturated rings. The molecule has 1 amide bonds.